The molecule has 0 saturated carbocycles. The third-order valence-corrected chi connectivity index (χ3v) is 3.60. The maximum atomic E-state index is 9.01. The van der Waals surface area contributed by atoms with E-state index in [1.807, 2.05) is 19.9 Å². The second-order valence-electron chi connectivity index (χ2n) is 5.32. The third kappa shape index (κ3) is 3.62. The third-order valence-electron chi connectivity index (χ3n) is 3.60. The summed E-state index contributed by atoms with van der Waals surface area (Å²) in [5.41, 5.74) is 8.48. The van der Waals surface area contributed by atoms with Crippen LogP contribution in [0.25, 0.3) is 0 Å². The van der Waals surface area contributed by atoms with Gasteiger partial charge in [-0.25, -0.2) is 4.98 Å². The van der Waals surface area contributed by atoms with Crippen molar-refractivity contribution in [2.45, 2.75) is 41.0 Å². The maximum Gasteiger partial charge on any atom is 0.174 e. The summed E-state index contributed by atoms with van der Waals surface area (Å²) >= 11 is 0. The molecular formula is C15H26N4O. The Labute approximate surface area is 121 Å². The van der Waals surface area contributed by atoms with E-state index < -0.39 is 0 Å². The molecule has 0 aliphatic rings. The molecule has 20 heavy (non-hydrogen) atoms. The minimum atomic E-state index is 0.118. The first-order valence-corrected chi connectivity index (χ1v) is 7.15. The van der Waals surface area contributed by atoms with E-state index >= 15 is 0 Å². The minimum Gasteiger partial charge on any atom is -0.409 e. The van der Waals surface area contributed by atoms with Crippen LogP contribution < -0.4 is 10.6 Å². The first-order chi connectivity index (χ1) is 9.44. The molecule has 1 atom stereocenters. The molecule has 1 rings (SSSR count). The average molecular weight is 278 g/mol. The van der Waals surface area contributed by atoms with Crippen molar-refractivity contribution in [1.82, 2.24) is 4.98 Å². The van der Waals surface area contributed by atoms with Crippen molar-refractivity contribution in [2.75, 3.05) is 18.0 Å². The van der Waals surface area contributed by atoms with Crippen molar-refractivity contribution in [3.8, 4) is 0 Å². The summed E-state index contributed by atoms with van der Waals surface area (Å²) in [6.07, 6.45) is 1.11. The highest BCUT2D eigenvalue weighted by molar-refractivity contribution is 6.02. The topological polar surface area (TPSA) is 74.7 Å². The standard InChI is InChI=1S/C15H26N4O/c1-6-10(3)9-19(7-2)15-13(14(16)18-20)11(4)8-12(5)17-15/h8,10,20H,6-7,9H2,1-5H3,(H2,16,18). The molecule has 0 amide bonds. The predicted molar refractivity (Wildman–Crippen MR) is 83.6 cm³/mol. The number of aryl methyl sites for hydroxylation is 2. The smallest absolute Gasteiger partial charge is 0.174 e. The van der Waals surface area contributed by atoms with E-state index in [9.17, 15) is 0 Å². The summed E-state index contributed by atoms with van der Waals surface area (Å²) in [6, 6.07) is 1.95. The number of aromatic nitrogens is 1. The van der Waals surface area contributed by atoms with Crippen LogP contribution in [0.3, 0.4) is 0 Å². The molecule has 0 bridgehead atoms. The fourth-order valence-corrected chi connectivity index (χ4v) is 2.28. The normalized spacial score (nSPS) is 13.3. The summed E-state index contributed by atoms with van der Waals surface area (Å²) in [5.74, 6) is 1.49. The minimum absolute atomic E-state index is 0.118. The first kappa shape index (κ1) is 16.3. The van der Waals surface area contributed by atoms with Crippen LogP contribution in [0.2, 0.25) is 0 Å². The predicted octanol–water partition coefficient (Wildman–Crippen LogP) is 2.67. The van der Waals surface area contributed by atoms with E-state index in [2.05, 4.69) is 35.8 Å². The Bertz CT molecular complexity index is 485. The van der Waals surface area contributed by atoms with Crippen LogP contribution in [0, 0.1) is 19.8 Å². The summed E-state index contributed by atoms with van der Waals surface area (Å²) in [4.78, 5) is 6.81. The number of amidine groups is 1. The molecule has 0 spiro atoms. The van der Waals surface area contributed by atoms with Gasteiger partial charge in [0.1, 0.15) is 5.82 Å². The van der Waals surface area contributed by atoms with Gasteiger partial charge in [0, 0.05) is 18.8 Å². The molecule has 5 nitrogen and oxygen atoms in total. The SMILES string of the molecule is CCC(C)CN(CC)c1nc(C)cc(C)c1C(N)=NO. The number of anilines is 1. The number of pyridine rings is 1. The van der Waals surface area contributed by atoms with Crippen LogP contribution >= 0.6 is 0 Å². The summed E-state index contributed by atoms with van der Waals surface area (Å²) in [6.45, 7) is 12.2. The van der Waals surface area contributed by atoms with Gasteiger partial charge in [-0.15, -0.1) is 0 Å². The molecule has 1 aromatic heterocycles. The molecule has 0 fully saturated rings. The molecular weight excluding hydrogens is 252 g/mol. The Morgan fingerprint density at radius 1 is 1.45 bits per heavy atom. The number of oxime groups is 1. The van der Waals surface area contributed by atoms with Gasteiger partial charge in [0.2, 0.25) is 0 Å². The van der Waals surface area contributed by atoms with Crippen LogP contribution in [0.15, 0.2) is 11.2 Å². The van der Waals surface area contributed by atoms with Crippen molar-refractivity contribution < 1.29 is 5.21 Å². The number of nitrogens with two attached hydrogens (primary N) is 1. The average Bonchev–Trinajstić information content (AvgIpc) is 2.42. The highest BCUT2D eigenvalue weighted by atomic mass is 16.4. The van der Waals surface area contributed by atoms with E-state index in [1.165, 1.54) is 0 Å². The molecule has 1 unspecified atom stereocenters. The molecule has 0 aromatic carbocycles. The first-order valence-electron chi connectivity index (χ1n) is 7.15. The van der Waals surface area contributed by atoms with Gasteiger partial charge in [-0.05, 0) is 38.3 Å². The van der Waals surface area contributed by atoms with Crippen molar-refractivity contribution in [2.24, 2.45) is 16.8 Å². The molecule has 1 heterocycles. The van der Waals surface area contributed by atoms with Gasteiger partial charge in [-0.1, -0.05) is 25.4 Å². The molecule has 0 aliphatic carbocycles. The van der Waals surface area contributed by atoms with Crippen LogP contribution in [-0.2, 0) is 0 Å². The second-order valence-corrected chi connectivity index (χ2v) is 5.32. The van der Waals surface area contributed by atoms with Gasteiger partial charge in [-0.2, -0.15) is 0 Å². The summed E-state index contributed by atoms with van der Waals surface area (Å²) in [5, 5.41) is 12.2. The van der Waals surface area contributed by atoms with E-state index in [-0.39, 0.29) is 5.84 Å². The van der Waals surface area contributed by atoms with E-state index in [0.717, 1.165) is 42.1 Å². The van der Waals surface area contributed by atoms with Crippen LogP contribution in [0.1, 0.15) is 44.0 Å². The van der Waals surface area contributed by atoms with Gasteiger partial charge in [0.05, 0.1) is 5.56 Å². The molecule has 5 heteroatoms. The van der Waals surface area contributed by atoms with Gasteiger partial charge in [0.25, 0.3) is 0 Å². The lowest BCUT2D eigenvalue weighted by Gasteiger charge is -2.28. The van der Waals surface area contributed by atoms with Crippen molar-refractivity contribution >= 4 is 11.7 Å². The monoisotopic (exact) mass is 278 g/mol. The Morgan fingerprint density at radius 3 is 2.60 bits per heavy atom. The van der Waals surface area contributed by atoms with Crippen LogP contribution in [-0.4, -0.2) is 29.1 Å². The van der Waals surface area contributed by atoms with Gasteiger partial charge >= 0.3 is 0 Å². The fraction of sp³-hybridized carbons (Fsp3) is 0.600. The summed E-state index contributed by atoms with van der Waals surface area (Å²) in [7, 11) is 0. The largest absolute Gasteiger partial charge is 0.409 e. The second kappa shape index (κ2) is 7.12. The highest BCUT2D eigenvalue weighted by Gasteiger charge is 2.19. The molecule has 1 aromatic rings. The maximum absolute atomic E-state index is 9.01. The Morgan fingerprint density at radius 2 is 2.10 bits per heavy atom. The van der Waals surface area contributed by atoms with E-state index in [4.69, 9.17) is 10.9 Å². The zero-order valence-corrected chi connectivity index (χ0v) is 13.1. The fourth-order valence-electron chi connectivity index (χ4n) is 2.28. The van der Waals surface area contributed by atoms with Crippen molar-refractivity contribution in [3.05, 3.63) is 22.9 Å². The van der Waals surface area contributed by atoms with Crippen LogP contribution in [0.4, 0.5) is 5.82 Å². The summed E-state index contributed by atoms with van der Waals surface area (Å²) < 4.78 is 0. The Hall–Kier alpha value is -1.78. The zero-order chi connectivity index (χ0) is 15.3. The molecule has 3 N–H and O–H groups in total. The zero-order valence-electron chi connectivity index (χ0n) is 13.1. The lowest BCUT2D eigenvalue weighted by Crippen LogP contribution is -2.32. The molecule has 112 valence electrons. The molecule has 0 aliphatic heterocycles. The highest BCUT2D eigenvalue weighted by Crippen LogP contribution is 2.23. The lowest BCUT2D eigenvalue weighted by molar-refractivity contribution is 0.318. The van der Waals surface area contributed by atoms with Gasteiger partial charge < -0.3 is 15.8 Å². The number of hydrogen-bond acceptors (Lipinski definition) is 4. The van der Waals surface area contributed by atoms with Gasteiger partial charge in [-0.3, -0.25) is 0 Å². The number of hydrogen-bond donors (Lipinski definition) is 2. The molecule has 0 saturated heterocycles. The van der Waals surface area contributed by atoms with Crippen LogP contribution in [0.5, 0.6) is 0 Å². The number of rotatable bonds is 6. The molecule has 0 radical (unpaired) electrons. The van der Waals surface area contributed by atoms with Gasteiger partial charge in [0.15, 0.2) is 5.84 Å². The van der Waals surface area contributed by atoms with E-state index in [1.54, 1.807) is 0 Å². The van der Waals surface area contributed by atoms with Crippen molar-refractivity contribution in [3.63, 3.8) is 0 Å². The van der Waals surface area contributed by atoms with Crippen molar-refractivity contribution in [1.29, 1.82) is 0 Å². The van der Waals surface area contributed by atoms with E-state index in [0.29, 0.717) is 5.92 Å². The Kier molecular flexibility index (Phi) is 5.80. The Balaban J connectivity index is 3.32. The lowest BCUT2D eigenvalue weighted by atomic mass is 10.1. The number of nitrogens with zero attached hydrogens (tertiary/aromatic N) is 3. The quantitative estimate of drug-likeness (QED) is 0.363.